The van der Waals surface area contributed by atoms with Crippen molar-refractivity contribution in [2.45, 2.75) is 47.1 Å². The van der Waals surface area contributed by atoms with Gasteiger partial charge in [0.1, 0.15) is 0 Å². The molecule has 0 aliphatic heterocycles. The second kappa shape index (κ2) is 8.40. The van der Waals surface area contributed by atoms with Gasteiger partial charge in [0.05, 0.1) is 17.4 Å². The van der Waals surface area contributed by atoms with E-state index in [1.54, 1.807) is 27.7 Å². The summed E-state index contributed by atoms with van der Waals surface area (Å²) in [6, 6.07) is -1.04. The molecule has 0 saturated carbocycles. The van der Waals surface area contributed by atoms with Crippen molar-refractivity contribution in [3.05, 3.63) is 5.21 Å². The lowest BCUT2D eigenvalue weighted by molar-refractivity contribution is -0.712. The normalized spacial score (nSPS) is 14.9. The third kappa shape index (κ3) is 6.15. The smallest absolute Gasteiger partial charge is 0.332 e. The Bertz CT molecular complexity index is 418. The van der Waals surface area contributed by atoms with Gasteiger partial charge in [-0.05, 0) is 26.7 Å². The molecule has 0 aliphatic carbocycles. The van der Waals surface area contributed by atoms with Crippen LogP contribution in [-0.2, 0) is 19.2 Å². The van der Waals surface area contributed by atoms with Crippen molar-refractivity contribution in [3.63, 3.8) is 0 Å². The van der Waals surface area contributed by atoms with Gasteiger partial charge >= 0.3 is 11.9 Å². The van der Waals surface area contributed by atoms with E-state index in [0.717, 1.165) is 5.01 Å². The number of hydrogen-bond donors (Lipinski definition) is 1. The van der Waals surface area contributed by atoms with E-state index in [9.17, 15) is 14.8 Å². The van der Waals surface area contributed by atoms with E-state index in [1.807, 2.05) is 6.92 Å². The average molecular weight is 319 g/mol. The van der Waals surface area contributed by atoms with Crippen LogP contribution in [0.4, 0.5) is 0 Å². The van der Waals surface area contributed by atoms with E-state index < -0.39 is 30.2 Å². The predicted molar refractivity (Wildman–Crippen MR) is 76.2 cm³/mol. The molecule has 128 valence electrons. The molecule has 0 aromatic rings. The summed E-state index contributed by atoms with van der Waals surface area (Å²) in [5.41, 5.74) is -0.692. The maximum absolute atomic E-state index is 11.7. The van der Waals surface area contributed by atoms with Crippen LogP contribution in [0.25, 0.3) is 0 Å². The predicted octanol–water partition coefficient (Wildman–Crippen LogP) is 1.77. The Labute approximate surface area is 130 Å². The number of carbonyl (C=O) groups excluding carboxylic acids is 1. The third-order valence-electron chi connectivity index (χ3n) is 3.09. The summed E-state index contributed by atoms with van der Waals surface area (Å²) in [7, 11) is 1.30. The third-order valence-corrected chi connectivity index (χ3v) is 3.09. The largest absolute Gasteiger partial charge is 0.569 e. The molecule has 0 heterocycles. The number of aliphatic carboxylic acids is 1. The lowest BCUT2D eigenvalue weighted by Gasteiger charge is -2.24. The number of ether oxygens (including phenoxy) is 1. The van der Waals surface area contributed by atoms with Gasteiger partial charge in [-0.2, -0.15) is 0 Å². The molecule has 1 N–H and O–H groups in total. The Morgan fingerprint density at radius 1 is 1.41 bits per heavy atom. The van der Waals surface area contributed by atoms with Crippen LogP contribution in [0.15, 0.2) is 5.28 Å². The van der Waals surface area contributed by atoms with Crippen LogP contribution >= 0.6 is 0 Å². The number of rotatable bonds is 8. The van der Waals surface area contributed by atoms with E-state index in [1.165, 1.54) is 7.05 Å². The first-order chi connectivity index (χ1) is 10.0. The standard InChI is InChI=1S/C13H25N3O6/c1-7-9(2)10(11(17)18)15(6)16(20)14-22-8-21-12(19)13(3,4)5/h9-10H,7-8H2,1-6H3,(H,17,18)/t9-,10+/m1/s1. The number of hydrogen-bond acceptors (Lipinski definition) is 6. The van der Waals surface area contributed by atoms with Crippen LogP contribution in [0.2, 0.25) is 0 Å². The number of esters is 1. The minimum Gasteiger partial charge on any atom is -0.569 e. The fraction of sp³-hybridized carbons (Fsp3) is 0.846. The average Bonchev–Trinajstić information content (AvgIpc) is 2.41. The number of nitrogens with zero attached hydrogens (tertiary/aromatic N) is 3. The van der Waals surface area contributed by atoms with Crippen LogP contribution in [0.1, 0.15) is 41.0 Å². The number of carbonyl (C=O) groups is 2. The van der Waals surface area contributed by atoms with Crippen LogP contribution in [0.5, 0.6) is 0 Å². The first-order valence-corrected chi connectivity index (χ1v) is 6.95. The van der Waals surface area contributed by atoms with Crippen molar-refractivity contribution in [3.8, 4) is 0 Å². The summed E-state index contributed by atoms with van der Waals surface area (Å²) >= 11 is 0. The summed E-state index contributed by atoms with van der Waals surface area (Å²) in [5.74, 6) is -1.89. The summed E-state index contributed by atoms with van der Waals surface area (Å²) in [5, 5.41) is 24.9. The van der Waals surface area contributed by atoms with Crippen molar-refractivity contribution in [2.24, 2.45) is 16.6 Å². The van der Waals surface area contributed by atoms with Gasteiger partial charge in [0.25, 0.3) is 6.79 Å². The lowest BCUT2D eigenvalue weighted by Crippen LogP contribution is -2.46. The number of carboxylic acid groups (broad SMARTS) is 1. The summed E-state index contributed by atoms with van der Waals surface area (Å²) in [6.45, 7) is 8.03. The first kappa shape index (κ1) is 19.9. The van der Waals surface area contributed by atoms with Gasteiger partial charge in [0.2, 0.25) is 5.28 Å². The van der Waals surface area contributed by atoms with Gasteiger partial charge in [-0.25, -0.2) is 4.79 Å². The minimum atomic E-state index is -1.13. The van der Waals surface area contributed by atoms with E-state index in [0.29, 0.717) is 6.42 Å². The molecule has 0 aromatic carbocycles. The first-order valence-electron chi connectivity index (χ1n) is 6.95. The van der Waals surface area contributed by atoms with Gasteiger partial charge in [-0.15, -0.1) is 5.01 Å². The molecule has 0 spiro atoms. The highest BCUT2D eigenvalue weighted by Crippen LogP contribution is 2.15. The molecule has 0 rings (SSSR count). The molecule has 2 atom stereocenters. The molecule has 9 nitrogen and oxygen atoms in total. The van der Waals surface area contributed by atoms with E-state index in [-0.39, 0.29) is 10.9 Å². The lowest BCUT2D eigenvalue weighted by atomic mass is 9.98. The highest BCUT2D eigenvalue weighted by Gasteiger charge is 2.33. The molecule has 0 amide bonds. The number of likely N-dealkylation sites (N-methyl/N-ethyl adjacent to an activating group) is 1. The van der Waals surface area contributed by atoms with Crippen LogP contribution < -0.4 is 0 Å². The zero-order valence-electron chi connectivity index (χ0n) is 13.9. The molecule has 9 heteroatoms. The Kier molecular flexibility index (Phi) is 7.61. The monoisotopic (exact) mass is 319 g/mol. The molecule has 0 saturated heterocycles. The van der Waals surface area contributed by atoms with Crippen molar-refractivity contribution in [1.29, 1.82) is 0 Å². The Morgan fingerprint density at radius 3 is 2.36 bits per heavy atom. The van der Waals surface area contributed by atoms with Crippen molar-refractivity contribution in [1.82, 2.24) is 5.01 Å². The molecule has 0 aromatic heterocycles. The van der Waals surface area contributed by atoms with E-state index in [2.05, 4.69) is 10.1 Å². The highest BCUT2D eigenvalue weighted by molar-refractivity contribution is 5.75. The van der Waals surface area contributed by atoms with Crippen LogP contribution in [0.3, 0.4) is 0 Å². The van der Waals surface area contributed by atoms with Crippen LogP contribution in [-0.4, -0.2) is 46.9 Å². The maximum Gasteiger partial charge on any atom is 0.332 e. The van der Waals surface area contributed by atoms with Gasteiger partial charge in [0, 0.05) is 0 Å². The van der Waals surface area contributed by atoms with Gasteiger partial charge in [-0.3, -0.25) is 4.79 Å². The van der Waals surface area contributed by atoms with Crippen molar-refractivity contribution >= 4 is 11.9 Å². The molecule has 0 fully saturated rings. The molecular weight excluding hydrogens is 294 g/mol. The highest BCUT2D eigenvalue weighted by atomic mass is 16.8. The fourth-order valence-corrected chi connectivity index (χ4v) is 1.53. The second-order valence-corrected chi connectivity index (χ2v) is 6.01. The zero-order valence-corrected chi connectivity index (χ0v) is 13.9. The fourth-order valence-electron chi connectivity index (χ4n) is 1.53. The van der Waals surface area contributed by atoms with E-state index in [4.69, 9.17) is 9.84 Å². The zero-order chi connectivity index (χ0) is 17.5. The van der Waals surface area contributed by atoms with Gasteiger partial charge < -0.3 is 19.9 Å². The molecule has 22 heavy (non-hydrogen) atoms. The van der Waals surface area contributed by atoms with Crippen molar-refractivity contribution < 1.29 is 29.2 Å². The topological polar surface area (TPSA) is 114 Å². The summed E-state index contributed by atoms with van der Waals surface area (Å²) in [4.78, 5) is 27.3. The Balaban J connectivity index is 4.58. The maximum atomic E-state index is 11.7. The molecule has 0 radical (unpaired) electrons. The van der Waals surface area contributed by atoms with Gasteiger partial charge in [0.15, 0.2) is 6.04 Å². The number of hydrazine groups is 1. The summed E-state index contributed by atoms with van der Waals surface area (Å²) in [6.07, 6.45) is 0.583. The van der Waals surface area contributed by atoms with E-state index >= 15 is 0 Å². The molecule has 0 unspecified atom stereocenters. The molecule has 0 bridgehead atoms. The second-order valence-electron chi connectivity index (χ2n) is 6.01. The van der Waals surface area contributed by atoms with Crippen molar-refractivity contribution in [2.75, 3.05) is 13.8 Å². The van der Waals surface area contributed by atoms with Crippen LogP contribution in [0, 0.1) is 16.5 Å². The summed E-state index contributed by atoms with van der Waals surface area (Å²) < 4.78 is 4.76. The quantitative estimate of drug-likeness (QED) is 0.181. The number of carboxylic acids is 1. The molecule has 0 aliphatic rings. The Hall–Kier alpha value is -2.06. The SMILES string of the molecule is CC[C@@H](C)[C@@H](C(=O)O)N(C)[N+]([O-])=NOCOC(=O)C(C)(C)C. The molecular formula is C13H25N3O6. The van der Waals surface area contributed by atoms with Gasteiger partial charge in [-0.1, -0.05) is 20.3 Å². The minimum absolute atomic E-state index is 0.0237. The Morgan fingerprint density at radius 2 is 1.95 bits per heavy atom.